The Balaban J connectivity index is 1.90. The lowest BCUT2D eigenvalue weighted by Crippen LogP contribution is -2.42. The number of hydrogen-bond acceptors (Lipinski definition) is 4. The molecule has 20 heavy (non-hydrogen) atoms. The molecule has 0 bridgehead atoms. The van der Waals surface area contributed by atoms with E-state index in [9.17, 15) is 13.7 Å². The Morgan fingerprint density at radius 2 is 1.85 bits per heavy atom. The zero-order valence-electron chi connectivity index (χ0n) is 11.3. The van der Waals surface area contributed by atoms with E-state index in [1.165, 1.54) is 12.1 Å². The normalized spacial score (nSPS) is 17.8. The highest BCUT2D eigenvalue weighted by molar-refractivity contribution is 7.89. The Morgan fingerprint density at radius 3 is 2.35 bits per heavy atom. The molecule has 0 aromatic heterocycles. The van der Waals surface area contributed by atoms with Gasteiger partial charge in [0.1, 0.15) is 5.54 Å². The van der Waals surface area contributed by atoms with Crippen LogP contribution in [0.3, 0.4) is 0 Å². The number of sulfonamides is 1. The van der Waals surface area contributed by atoms with Gasteiger partial charge < -0.3 is 0 Å². The summed E-state index contributed by atoms with van der Waals surface area (Å²) in [6, 6.07) is 8.93. The van der Waals surface area contributed by atoms with E-state index in [0.29, 0.717) is 6.54 Å². The third-order valence-electron chi connectivity index (χ3n) is 3.80. The summed E-state index contributed by atoms with van der Waals surface area (Å²) in [5.41, 5.74) is 0.663. The molecule has 1 saturated carbocycles. The molecule has 0 saturated heterocycles. The third kappa shape index (κ3) is 3.57. The summed E-state index contributed by atoms with van der Waals surface area (Å²) in [5.74, 6) is 0. The van der Waals surface area contributed by atoms with Gasteiger partial charge in [0.2, 0.25) is 10.0 Å². The van der Waals surface area contributed by atoms with Crippen LogP contribution in [0.15, 0.2) is 29.2 Å². The van der Waals surface area contributed by atoms with E-state index in [-0.39, 0.29) is 10.4 Å². The summed E-state index contributed by atoms with van der Waals surface area (Å²) < 4.78 is 22.3. The predicted octanol–water partition coefficient (Wildman–Crippen LogP) is 1.30. The van der Waals surface area contributed by atoms with E-state index in [1.807, 2.05) is 0 Å². The van der Waals surface area contributed by atoms with E-state index < -0.39 is 10.0 Å². The molecule has 1 aliphatic carbocycles. The van der Waals surface area contributed by atoms with Crippen LogP contribution in [0.25, 0.3) is 0 Å². The summed E-state index contributed by atoms with van der Waals surface area (Å²) in [5, 5.41) is 17.6. The van der Waals surface area contributed by atoms with Crippen LogP contribution in [-0.4, -0.2) is 20.5 Å². The monoisotopic (exact) mass is 293 g/mol. The summed E-state index contributed by atoms with van der Waals surface area (Å²) in [7, 11) is -3.63. The first-order valence-corrected chi connectivity index (χ1v) is 8.28. The van der Waals surface area contributed by atoms with Gasteiger partial charge in [0.15, 0.2) is 0 Å². The minimum Gasteiger partial charge on any atom is -0.299 e. The molecule has 2 rings (SSSR count). The zero-order valence-corrected chi connectivity index (χ0v) is 12.1. The number of nitriles is 1. The highest BCUT2D eigenvalue weighted by Gasteiger charge is 2.32. The average Bonchev–Trinajstić information content (AvgIpc) is 2.88. The van der Waals surface area contributed by atoms with Crippen LogP contribution >= 0.6 is 0 Å². The molecule has 1 fully saturated rings. The molecule has 1 aromatic carbocycles. The van der Waals surface area contributed by atoms with Crippen LogP contribution in [0, 0.1) is 11.3 Å². The van der Waals surface area contributed by atoms with Crippen LogP contribution in [0.2, 0.25) is 0 Å². The van der Waals surface area contributed by atoms with Gasteiger partial charge in [-0.2, -0.15) is 5.26 Å². The van der Waals surface area contributed by atoms with Crippen LogP contribution in [0.5, 0.6) is 0 Å². The van der Waals surface area contributed by atoms with Crippen molar-refractivity contribution in [3.05, 3.63) is 29.8 Å². The van der Waals surface area contributed by atoms with Crippen molar-refractivity contribution in [2.75, 3.05) is 6.54 Å². The van der Waals surface area contributed by atoms with Crippen molar-refractivity contribution < 1.29 is 8.42 Å². The maximum atomic E-state index is 11.1. The number of nitrogens with one attached hydrogen (secondary N) is 1. The number of nitrogens with zero attached hydrogens (tertiary/aromatic N) is 1. The van der Waals surface area contributed by atoms with Gasteiger partial charge in [0.25, 0.3) is 0 Å². The second-order valence-corrected chi connectivity index (χ2v) is 6.83. The fourth-order valence-corrected chi connectivity index (χ4v) is 3.11. The molecule has 0 radical (unpaired) electrons. The van der Waals surface area contributed by atoms with E-state index in [1.54, 1.807) is 12.1 Å². The van der Waals surface area contributed by atoms with Crippen molar-refractivity contribution in [2.45, 2.75) is 42.5 Å². The summed E-state index contributed by atoms with van der Waals surface area (Å²) in [6.07, 6.45) is 4.78. The maximum Gasteiger partial charge on any atom is 0.238 e. The molecule has 5 nitrogen and oxygen atoms in total. The molecule has 0 spiro atoms. The molecule has 0 aliphatic heterocycles. The molecule has 108 valence electrons. The second-order valence-electron chi connectivity index (χ2n) is 5.27. The topological polar surface area (TPSA) is 96.0 Å². The summed E-state index contributed by atoms with van der Waals surface area (Å²) in [6.45, 7) is 0.711. The quantitative estimate of drug-likeness (QED) is 0.855. The second kappa shape index (κ2) is 5.92. The number of benzene rings is 1. The Kier molecular flexibility index (Phi) is 4.43. The number of rotatable bonds is 5. The first-order valence-electron chi connectivity index (χ1n) is 6.73. The van der Waals surface area contributed by atoms with Crippen molar-refractivity contribution in [1.82, 2.24) is 5.32 Å². The lowest BCUT2D eigenvalue weighted by atomic mass is 9.99. The molecule has 1 aliphatic rings. The Hall–Kier alpha value is -1.42. The molecular weight excluding hydrogens is 274 g/mol. The Labute approximate surface area is 119 Å². The van der Waals surface area contributed by atoms with Gasteiger partial charge in [-0.3, -0.25) is 5.32 Å². The van der Waals surface area contributed by atoms with Crippen molar-refractivity contribution in [3.8, 4) is 6.07 Å². The smallest absolute Gasteiger partial charge is 0.238 e. The molecule has 0 heterocycles. The molecule has 1 aromatic rings. The van der Waals surface area contributed by atoms with E-state index >= 15 is 0 Å². The highest BCUT2D eigenvalue weighted by Crippen LogP contribution is 2.28. The standard InChI is InChI=1S/C14H19N3O2S/c15-11-14(8-1-2-9-14)17-10-7-12-3-5-13(6-4-12)20(16,18)19/h3-6,17H,1-2,7-10H2,(H2,16,18,19). The van der Waals surface area contributed by atoms with E-state index in [0.717, 1.165) is 37.7 Å². The zero-order chi connectivity index (χ0) is 14.6. The molecule has 3 N–H and O–H groups in total. The van der Waals surface area contributed by atoms with Gasteiger partial charge in [-0.25, -0.2) is 13.6 Å². The van der Waals surface area contributed by atoms with E-state index in [4.69, 9.17) is 5.14 Å². The first-order chi connectivity index (χ1) is 9.45. The van der Waals surface area contributed by atoms with Gasteiger partial charge in [-0.1, -0.05) is 25.0 Å². The van der Waals surface area contributed by atoms with Gasteiger partial charge in [-0.05, 0) is 37.0 Å². The SMILES string of the molecule is N#CC1(NCCc2ccc(S(N)(=O)=O)cc2)CCCC1. The van der Waals surface area contributed by atoms with Gasteiger partial charge in [0.05, 0.1) is 11.0 Å². The highest BCUT2D eigenvalue weighted by atomic mass is 32.2. The number of hydrogen-bond donors (Lipinski definition) is 2. The van der Waals surface area contributed by atoms with Gasteiger partial charge in [0, 0.05) is 6.54 Å². The van der Waals surface area contributed by atoms with Crippen molar-refractivity contribution in [2.24, 2.45) is 5.14 Å². The van der Waals surface area contributed by atoms with Gasteiger partial charge in [-0.15, -0.1) is 0 Å². The number of primary sulfonamides is 1. The Bertz CT molecular complexity index is 596. The molecular formula is C14H19N3O2S. The largest absolute Gasteiger partial charge is 0.299 e. The number of nitrogens with two attached hydrogens (primary N) is 1. The maximum absolute atomic E-state index is 11.1. The van der Waals surface area contributed by atoms with Crippen LogP contribution < -0.4 is 10.5 Å². The fourth-order valence-electron chi connectivity index (χ4n) is 2.60. The molecule has 0 atom stereocenters. The van der Waals surface area contributed by atoms with Crippen LogP contribution in [0.1, 0.15) is 31.2 Å². The van der Waals surface area contributed by atoms with Gasteiger partial charge >= 0.3 is 0 Å². The molecule has 0 unspecified atom stereocenters. The van der Waals surface area contributed by atoms with Crippen molar-refractivity contribution in [1.29, 1.82) is 5.26 Å². The van der Waals surface area contributed by atoms with E-state index in [2.05, 4.69) is 11.4 Å². The minimum absolute atomic E-state index is 0.124. The predicted molar refractivity (Wildman–Crippen MR) is 76.3 cm³/mol. The molecule has 6 heteroatoms. The first kappa shape index (κ1) is 15.0. The van der Waals surface area contributed by atoms with Crippen molar-refractivity contribution in [3.63, 3.8) is 0 Å². The fraction of sp³-hybridized carbons (Fsp3) is 0.500. The molecule has 0 amide bonds. The summed E-state index contributed by atoms with van der Waals surface area (Å²) in [4.78, 5) is 0.124. The third-order valence-corrected chi connectivity index (χ3v) is 4.73. The van der Waals surface area contributed by atoms with Crippen molar-refractivity contribution >= 4 is 10.0 Å². The lowest BCUT2D eigenvalue weighted by molar-refractivity contribution is 0.426. The lowest BCUT2D eigenvalue weighted by Gasteiger charge is -2.21. The Morgan fingerprint density at radius 1 is 1.25 bits per heavy atom. The summed E-state index contributed by atoms with van der Waals surface area (Å²) >= 11 is 0. The average molecular weight is 293 g/mol. The minimum atomic E-state index is -3.63. The van der Waals surface area contributed by atoms with Crippen LogP contribution in [-0.2, 0) is 16.4 Å². The van der Waals surface area contributed by atoms with Crippen LogP contribution in [0.4, 0.5) is 0 Å².